The molecule has 0 saturated carbocycles. The number of carboxylic acids is 1. The van der Waals surface area contributed by atoms with Gasteiger partial charge in [-0.15, -0.1) is 0 Å². The fraction of sp³-hybridized carbons (Fsp3) is 0.143. The van der Waals surface area contributed by atoms with E-state index in [4.69, 9.17) is 5.11 Å². The average Bonchev–Trinajstić information content (AvgIpc) is 2.51. The van der Waals surface area contributed by atoms with Gasteiger partial charge >= 0.3 is 5.97 Å². The van der Waals surface area contributed by atoms with E-state index in [9.17, 15) is 9.59 Å². The zero-order valence-corrected chi connectivity index (χ0v) is 6.88. The van der Waals surface area contributed by atoms with Gasteiger partial charge in [0.2, 0.25) is 6.41 Å². The highest BCUT2D eigenvalue weighted by Gasteiger charge is 2.18. The molecule has 0 aliphatic rings. The predicted octanol–water partition coefficient (Wildman–Crippen LogP) is 0.620. The van der Waals surface area contributed by atoms with Gasteiger partial charge in [0.05, 0.1) is 0 Å². The van der Waals surface area contributed by atoms with Crippen molar-refractivity contribution in [2.75, 3.05) is 0 Å². The van der Waals surface area contributed by atoms with Crippen LogP contribution in [0.3, 0.4) is 0 Å². The molecule has 1 atom stereocenters. The first-order chi connectivity index (χ1) is 5.75. The van der Waals surface area contributed by atoms with Crippen molar-refractivity contribution in [2.24, 2.45) is 0 Å². The summed E-state index contributed by atoms with van der Waals surface area (Å²) in [6.07, 6.45) is 0.385. The Bertz CT molecular complexity index is 270. The summed E-state index contributed by atoms with van der Waals surface area (Å²) in [5.74, 6) is -1.06. The second-order valence-corrected chi connectivity index (χ2v) is 2.89. The summed E-state index contributed by atoms with van der Waals surface area (Å²) in [6.45, 7) is 0. The lowest BCUT2D eigenvalue weighted by atomic mass is 10.1. The molecule has 4 nitrogen and oxygen atoms in total. The van der Waals surface area contributed by atoms with Crippen molar-refractivity contribution in [3.63, 3.8) is 0 Å². The molecule has 1 aromatic heterocycles. The molecule has 1 unspecified atom stereocenters. The third kappa shape index (κ3) is 1.82. The van der Waals surface area contributed by atoms with Gasteiger partial charge in [-0.1, -0.05) is 0 Å². The van der Waals surface area contributed by atoms with Crippen LogP contribution in [0.1, 0.15) is 11.6 Å². The van der Waals surface area contributed by atoms with Gasteiger partial charge in [0.25, 0.3) is 0 Å². The summed E-state index contributed by atoms with van der Waals surface area (Å²) in [7, 11) is 0. The van der Waals surface area contributed by atoms with Gasteiger partial charge in [0, 0.05) is 0 Å². The fourth-order valence-corrected chi connectivity index (χ4v) is 1.50. The predicted molar refractivity (Wildman–Crippen MR) is 43.9 cm³/mol. The van der Waals surface area contributed by atoms with Crippen LogP contribution >= 0.6 is 11.3 Å². The summed E-state index contributed by atoms with van der Waals surface area (Å²) in [5.41, 5.74) is 0.597. The molecule has 0 fully saturated rings. The summed E-state index contributed by atoms with van der Waals surface area (Å²) < 4.78 is 0. The summed E-state index contributed by atoms with van der Waals surface area (Å²) in [4.78, 5) is 20.6. The third-order valence-corrected chi connectivity index (χ3v) is 2.06. The largest absolute Gasteiger partial charge is 0.479 e. The first kappa shape index (κ1) is 8.73. The van der Waals surface area contributed by atoms with Crippen molar-refractivity contribution >= 4 is 23.7 Å². The SMILES string of the molecule is O=CNC(C(=O)O)c1ccsc1. The zero-order chi connectivity index (χ0) is 8.97. The minimum atomic E-state index is -1.06. The minimum Gasteiger partial charge on any atom is -0.479 e. The Kier molecular flexibility index (Phi) is 2.82. The van der Waals surface area contributed by atoms with E-state index in [-0.39, 0.29) is 0 Å². The van der Waals surface area contributed by atoms with E-state index in [0.717, 1.165) is 0 Å². The normalized spacial score (nSPS) is 12.0. The van der Waals surface area contributed by atoms with Crippen LogP contribution < -0.4 is 5.32 Å². The molecule has 0 radical (unpaired) electrons. The van der Waals surface area contributed by atoms with E-state index in [1.807, 2.05) is 0 Å². The van der Waals surface area contributed by atoms with Crippen molar-refractivity contribution in [2.45, 2.75) is 6.04 Å². The number of hydrogen-bond acceptors (Lipinski definition) is 3. The first-order valence-electron chi connectivity index (χ1n) is 3.20. The van der Waals surface area contributed by atoms with Crippen molar-refractivity contribution < 1.29 is 14.7 Å². The maximum atomic E-state index is 10.6. The molecule has 0 aliphatic heterocycles. The molecular weight excluding hydrogens is 178 g/mol. The molecule has 0 aliphatic carbocycles. The second kappa shape index (κ2) is 3.87. The number of rotatable bonds is 4. The Balaban J connectivity index is 2.80. The summed E-state index contributed by atoms with van der Waals surface area (Å²) >= 11 is 1.39. The van der Waals surface area contributed by atoms with Gasteiger partial charge in [0.15, 0.2) is 6.04 Å². The second-order valence-electron chi connectivity index (χ2n) is 2.11. The van der Waals surface area contributed by atoms with Gasteiger partial charge in [-0.3, -0.25) is 4.79 Å². The molecule has 1 aromatic rings. The molecule has 0 aromatic carbocycles. The molecule has 2 N–H and O–H groups in total. The van der Waals surface area contributed by atoms with E-state index in [2.05, 4.69) is 5.32 Å². The molecule has 1 heterocycles. The highest BCUT2D eigenvalue weighted by atomic mass is 32.1. The molecule has 5 heteroatoms. The van der Waals surface area contributed by atoms with Crippen LogP contribution in [-0.2, 0) is 9.59 Å². The summed E-state index contributed by atoms with van der Waals surface area (Å²) in [5, 5.41) is 14.3. The Labute approximate surface area is 72.8 Å². The number of aliphatic carboxylic acids is 1. The Hall–Kier alpha value is -1.36. The number of hydrogen-bond donors (Lipinski definition) is 2. The van der Waals surface area contributed by atoms with E-state index in [1.54, 1.807) is 16.8 Å². The van der Waals surface area contributed by atoms with Gasteiger partial charge in [-0.25, -0.2) is 4.79 Å². The maximum absolute atomic E-state index is 10.6. The molecule has 1 amide bonds. The number of thiophene rings is 1. The number of carbonyl (C=O) groups excluding carboxylic acids is 1. The number of carboxylic acid groups (broad SMARTS) is 1. The number of amides is 1. The topological polar surface area (TPSA) is 66.4 Å². The monoisotopic (exact) mass is 185 g/mol. The number of nitrogens with one attached hydrogen (secondary N) is 1. The minimum absolute atomic E-state index is 0.385. The molecule has 0 saturated heterocycles. The molecule has 0 spiro atoms. The van der Waals surface area contributed by atoms with E-state index in [0.29, 0.717) is 12.0 Å². The highest BCUT2D eigenvalue weighted by molar-refractivity contribution is 7.08. The van der Waals surface area contributed by atoms with E-state index >= 15 is 0 Å². The molecule has 12 heavy (non-hydrogen) atoms. The lowest BCUT2D eigenvalue weighted by molar-refractivity contribution is -0.140. The first-order valence-corrected chi connectivity index (χ1v) is 4.14. The molecule has 0 bridgehead atoms. The lowest BCUT2D eigenvalue weighted by Gasteiger charge is -2.07. The van der Waals surface area contributed by atoms with Crippen molar-refractivity contribution in [3.8, 4) is 0 Å². The molecular formula is C7H7NO3S. The maximum Gasteiger partial charge on any atom is 0.330 e. The lowest BCUT2D eigenvalue weighted by Crippen LogP contribution is -2.26. The standard InChI is InChI=1S/C7H7NO3S/c9-4-8-6(7(10)11)5-1-2-12-3-5/h1-4,6H,(H,8,9)(H,10,11). The fourth-order valence-electron chi connectivity index (χ4n) is 0.817. The average molecular weight is 185 g/mol. The van der Waals surface area contributed by atoms with E-state index in [1.165, 1.54) is 11.3 Å². The Morgan fingerprint density at radius 1 is 1.75 bits per heavy atom. The van der Waals surface area contributed by atoms with Gasteiger partial charge in [-0.2, -0.15) is 11.3 Å². The van der Waals surface area contributed by atoms with Crippen LogP contribution in [0.5, 0.6) is 0 Å². The van der Waals surface area contributed by atoms with E-state index < -0.39 is 12.0 Å². The molecule has 1 rings (SSSR count). The quantitative estimate of drug-likeness (QED) is 0.676. The Morgan fingerprint density at radius 2 is 2.50 bits per heavy atom. The van der Waals surface area contributed by atoms with Crippen LogP contribution in [0.4, 0.5) is 0 Å². The molecule has 64 valence electrons. The van der Waals surface area contributed by atoms with Crippen molar-refractivity contribution in [1.82, 2.24) is 5.32 Å². The number of carbonyl (C=O) groups is 2. The van der Waals surface area contributed by atoms with Gasteiger partial charge in [0.1, 0.15) is 0 Å². The van der Waals surface area contributed by atoms with Crippen LogP contribution in [0.15, 0.2) is 16.8 Å². The van der Waals surface area contributed by atoms with Crippen LogP contribution in [0.25, 0.3) is 0 Å². The van der Waals surface area contributed by atoms with Crippen LogP contribution in [0, 0.1) is 0 Å². The van der Waals surface area contributed by atoms with Crippen molar-refractivity contribution in [1.29, 1.82) is 0 Å². The Morgan fingerprint density at radius 3 is 2.92 bits per heavy atom. The smallest absolute Gasteiger partial charge is 0.330 e. The van der Waals surface area contributed by atoms with Crippen LogP contribution in [0.2, 0.25) is 0 Å². The third-order valence-electron chi connectivity index (χ3n) is 1.36. The van der Waals surface area contributed by atoms with Crippen molar-refractivity contribution in [3.05, 3.63) is 22.4 Å². The summed E-state index contributed by atoms with van der Waals surface area (Å²) in [6, 6.07) is 0.744. The van der Waals surface area contributed by atoms with Gasteiger partial charge in [-0.05, 0) is 22.4 Å². The highest BCUT2D eigenvalue weighted by Crippen LogP contribution is 2.15. The zero-order valence-electron chi connectivity index (χ0n) is 6.06. The van der Waals surface area contributed by atoms with Crippen LogP contribution in [-0.4, -0.2) is 17.5 Å². The van der Waals surface area contributed by atoms with Gasteiger partial charge < -0.3 is 10.4 Å².